The highest BCUT2D eigenvalue weighted by Gasteiger charge is 2.41. The Labute approximate surface area is 152 Å². The first kappa shape index (κ1) is 17.7. The van der Waals surface area contributed by atoms with Gasteiger partial charge in [0.2, 0.25) is 5.89 Å². The standard InChI is InChI=1S/C17H21N5O2.ClH/c18-17(9-5-10-17)15-20-14(24-21-15)13-8-4-11-22(13)16(23)19-12-6-2-1-3-7-12;/h1-3,6-7,13H,4-5,8-11,18H2,(H,19,23);1H. The lowest BCUT2D eigenvalue weighted by atomic mass is 9.77. The number of carbonyl (C=O) groups is 1. The first-order valence-corrected chi connectivity index (χ1v) is 8.41. The molecular weight excluding hydrogens is 342 g/mol. The Morgan fingerprint density at radius 2 is 2.04 bits per heavy atom. The molecule has 4 rings (SSSR count). The summed E-state index contributed by atoms with van der Waals surface area (Å²) in [6, 6.07) is 9.09. The van der Waals surface area contributed by atoms with Gasteiger partial charge in [0.1, 0.15) is 6.04 Å². The number of hydrogen-bond donors (Lipinski definition) is 2. The summed E-state index contributed by atoms with van der Waals surface area (Å²) in [6.07, 6.45) is 4.60. The number of carbonyl (C=O) groups excluding carboxylic acids is 1. The molecule has 2 fully saturated rings. The highest BCUT2D eigenvalue weighted by atomic mass is 35.5. The van der Waals surface area contributed by atoms with Gasteiger partial charge in [0.05, 0.1) is 5.54 Å². The maximum absolute atomic E-state index is 12.6. The van der Waals surface area contributed by atoms with Crippen molar-refractivity contribution in [3.63, 3.8) is 0 Å². The Morgan fingerprint density at radius 3 is 2.72 bits per heavy atom. The molecule has 7 nitrogen and oxygen atoms in total. The zero-order chi connectivity index (χ0) is 16.6. The second kappa shape index (κ2) is 7.01. The molecule has 2 heterocycles. The quantitative estimate of drug-likeness (QED) is 0.872. The highest BCUT2D eigenvalue weighted by Crippen LogP contribution is 2.38. The average molecular weight is 364 g/mol. The SMILES string of the molecule is Cl.NC1(c2noc(C3CCCN3C(=O)Nc3ccccc3)n2)CCC1. The predicted molar refractivity (Wildman–Crippen MR) is 95.4 cm³/mol. The van der Waals surface area contributed by atoms with Gasteiger partial charge in [-0.15, -0.1) is 12.4 Å². The van der Waals surface area contributed by atoms with Crippen molar-refractivity contribution >= 4 is 24.1 Å². The maximum atomic E-state index is 12.6. The normalized spacial score (nSPS) is 21.3. The molecule has 25 heavy (non-hydrogen) atoms. The molecular formula is C17H22ClN5O2. The van der Waals surface area contributed by atoms with Gasteiger partial charge in [-0.2, -0.15) is 4.98 Å². The van der Waals surface area contributed by atoms with E-state index in [9.17, 15) is 4.79 Å². The van der Waals surface area contributed by atoms with E-state index in [-0.39, 0.29) is 24.5 Å². The van der Waals surface area contributed by atoms with E-state index in [1.165, 1.54) is 0 Å². The van der Waals surface area contributed by atoms with E-state index in [4.69, 9.17) is 10.3 Å². The first-order chi connectivity index (χ1) is 11.7. The van der Waals surface area contributed by atoms with Crippen LogP contribution in [0.4, 0.5) is 10.5 Å². The fraction of sp³-hybridized carbons (Fsp3) is 0.471. The fourth-order valence-corrected chi connectivity index (χ4v) is 3.34. The molecule has 2 amide bonds. The maximum Gasteiger partial charge on any atom is 0.322 e. The van der Waals surface area contributed by atoms with Gasteiger partial charge in [-0.1, -0.05) is 23.4 Å². The topological polar surface area (TPSA) is 97.3 Å². The van der Waals surface area contributed by atoms with Gasteiger partial charge in [-0.3, -0.25) is 0 Å². The molecule has 2 aliphatic rings. The molecule has 0 bridgehead atoms. The number of aromatic nitrogens is 2. The van der Waals surface area contributed by atoms with Crippen molar-refractivity contribution in [2.45, 2.75) is 43.7 Å². The summed E-state index contributed by atoms with van der Waals surface area (Å²) in [6.45, 7) is 0.675. The van der Waals surface area contributed by atoms with E-state index in [1.54, 1.807) is 4.90 Å². The molecule has 1 aromatic heterocycles. The van der Waals surface area contributed by atoms with Crippen molar-refractivity contribution < 1.29 is 9.32 Å². The number of nitrogens with zero attached hydrogens (tertiary/aromatic N) is 3. The minimum Gasteiger partial charge on any atom is -0.337 e. The number of nitrogens with two attached hydrogens (primary N) is 1. The van der Waals surface area contributed by atoms with Crippen LogP contribution in [-0.4, -0.2) is 27.6 Å². The van der Waals surface area contributed by atoms with E-state index in [1.807, 2.05) is 30.3 Å². The molecule has 1 unspecified atom stereocenters. The van der Waals surface area contributed by atoms with Gasteiger partial charge >= 0.3 is 6.03 Å². The number of nitrogens with one attached hydrogen (secondary N) is 1. The number of urea groups is 1. The Kier molecular flexibility index (Phi) is 4.96. The minimum atomic E-state index is -0.447. The molecule has 3 N–H and O–H groups in total. The molecule has 0 radical (unpaired) electrons. The Bertz CT molecular complexity index is 732. The van der Waals surface area contributed by atoms with E-state index in [0.717, 1.165) is 37.8 Å². The van der Waals surface area contributed by atoms with Gasteiger partial charge < -0.3 is 20.5 Å². The average Bonchev–Trinajstić information content (AvgIpc) is 3.22. The van der Waals surface area contributed by atoms with E-state index in [2.05, 4.69) is 15.5 Å². The largest absolute Gasteiger partial charge is 0.337 e. The number of likely N-dealkylation sites (tertiary alicyclic amines) is 1. The number of para-hydroxylation sites is 1. The van der Waals surface area contributed by atoms with Gasteiger partial charge in [-0.25, -0.2) is 4.79 Å². The summed E-state index contributed by atoms with van der Waals surface area (Å²) in [5, 5.41) is 6.98. The zero-order valence-corrected chi connectivity index (χ0v) is 14.7. The van der Waals surface area contributed by atoms with Crippen molar-refractivity contribution in [3.8, 4) is 0 Å². The van der Waals surface area contributed by atoms with Gasteiger partial charge in [0, 0.05) is 12.2 Å². The van der Waals surface area contributed by atoms with E-state index in [0.29, 0.717) is 18.3 Å². The Morgan fingerprint density at radius 1 is 1.28 bits per heavy atom. The molecule has 1 aromatic carbocycles. The second-order valence-corrected chi connectivity index (χ2v) is 6.61. The predicted octanol–water partition coefficient (Wildman–Crippen LogP) is 3.20. The van der Waals surface area contributed by atoms with Crippen LogP contribution in [0.15, 0.2) is 34.9 Å². The van der Waals surface area contributed by atoms with Gasteiger partial charge in [-0.05, 0) is 44.2 Å². The van der Waals surface area contributed by atoms with Crippen LogP contribution in [0.5, 0.6) is 0 Å². The molecule has 1 atom stereocenters. The third-order valence-corrected chi connectivity index (χ3v) is 4.96. The van der Waals surface area contributed by atoms with Crippen LogP contribution in [0, 0.1) is 0 Å². The highest BCUT2D eigenvalue weighted by molar-refractivity contribution is 5.89. The lowest BCUT2D eigenvalue weighted by Crippen LogP contribution is -2.44. The number of halogens is 1. The molecule has 2 aromatic rings. The summed E-state index contributed by atoms with van der Waals surface area (Å²) in [5.41, 5.74) is 6.58. The number of anilines is 1. The molecule has 134 valence electrons. The van der Waals surface area contributed by atoms with Crippen LogP contribution in [0.3, 0.4) is 0 Å². The molecule has 1 saturated carbocycles. The summed E-state index contributed by atoms with van der Waals surface area (Å²) in [7, 11) is 0. The van der Waals surface area contributed by atoms with Crippen LogP contribution in [0.1, 0.15) is 49.9 Å². The molecule has 1 aliphatic heterocycles. The fourth-order valence-electron chi connectivity index (χ4n) is 3.34. The minimum absolute atomic E-state index is 0. The number of rotatable bonds is 3. The first-order valence-electron chi connectivity index (χ1n) is 8.41. The van der Waals surface area contributed by atoms with Gasteiger partial charge in [0.25, 0.3) is 0 Å². The molecule has 8 heteroatoms. The summed E-state index contributed by atoms with van der Waals surface area (Å²) in [4.78, 5) is 18.8. The van der Waals surface area contributed by atoms with Crippen molar-refractivity contribution in [1.82, 2.24) is 15.0 Å². The lowest BCUT2D eigenvalue weighted by molar-refractivity contribution is 0.192. The van der Waals surface area contributed by atoms with Crippen LogP contribution < -0.4 is 11.1 Å². The number of amides is 2. The molecule has 1 aliphatic carbocycles. The second-order valence-electron chi connectivity index (χ2n) is 6.61. The van der Waals surface area contributed by atoms with E-state index < -0.39 is 5.54 Å². The van der Waals surface area contributed by atoms with Crippen molar-refractivity contribution in [2.24, 2.45) is 5.73 Å². The summed E-state index contributed by atoms with van der Waals surface area (Å²) >= 11 is 0. The third-order valence-electron chi connectivity index (χ3n) is 4.96. The van der Waals surface area contributed by atoms with Crippen LogP contribution in [0.2, 0.25) is 0 Å². The Balaban J connectivity index is 0.00000182. The van der Waals surface area contributed by atoms with Crippen LogP contribution >= 0.6 is 12.4 Å². The molecule has 1 saturated heterocycles. The number of hydrogen-bond acceptors (Lipinski definition) is 5. The van der Waals surface area contributed by atoms with Crippen molar-refractivity contribution in [3.05, 3.63) is 42.0 Å². The summed E-state index contributed by atoms with van der Waals surface area (Å²) in [5.74, 6) is 1.06. The van der Waals surface area contributed by atoms with Crippen molar-refractivity contribution in [2.75, 3.05) is 11.9 Å². The zero-order valence-electron chi connectivity index (χ0n) is 13.9. The summed E-state index contributed by atoms with van der Waals surface area (Å²) < 4.78 is 5.44. The van der Waals surface area contributed by atoms with Crippen LogP contribution in [0.25, 0.3) is 0 Å². The van der Waals surface area contributed by atoms with Crippen molar-refractivity contribution in [1.29, 1.82) is 0 Å². The Hall–Kier alpha value is -2.12. The monoisotopic (exact) mass is 363 g/mol. The smallest absolute Gasteiger partial charge is 0.322 e. The lowest BCUT2D eigenvalue weighted by Gasteiger charge is -2.34. The third kappa shape index (κ3) is 3.34. The number of benzene rings is 1. The van der Waals surface area contributed by atoms with Gasteiger partial charge in [0.15, 0.2) is 5.82 Å². The van der Waals surface area contributed by atoms with E-state index >= 15 is 0 Å². The van der Waals surface area contributed by atoms with Crippen LogP contribution in [-0.2, 0) is 5.54 Å². The molecule has 0 spiro atoms.